The molecule has 154 valence electrons. The molecule has 8 nitrogen and oxygen atoms in total. The van der Waals surface area contributed by atoms with E-state index in [1.165, 1.54) is 0 Å². The summed E-state index contributed by atoms with van der Waals surface area (Å²) in [5, 5.41) is 16.5. The number of carbonyl (C=O) groups excluding carboxylic acids is 2. The Balaban J connectivity index is 1.76. The highest BCUT2D eigenvalue weighted by Gasteiger charge is 2.19. The number of rotatable bonds is 9. The Morgan fingerprint density at radius 1 is 1.14 bits per heavy atom. The summed E-state index contributed by atoms with van der Waals surface area (Å²) < 4.78 is 0. The van der Waals surface area contributed by atoms with Crippen molar-refractivity contribution in [3.05, 3.63) is 42.2 Å². The zero-order valence-electron chi connectivity index (χ0n) is 16.5. The van der Waals surface area contributed by atoms with Gasteiger partial charge in [-0.1, -0.05) is 43.2 Å². The Hall–Kier alpha value is -3.13. The maximum absolute atomic E-state index is 12.1. The maximum Gasteiger partial charge on any atom is 0.315 e. The molecule has 1 heterocycles. The van der Waals surface area contributed by atoms with E-state index in [1.807, 2.05) is 31.2 Å². The van der Waals surface area contributed by atoms with E-state index in [1.54, 1.807) is 5.48 Å². The molecule has 0 radical (unpaired) electrons. The number of aromatic nitrogens is 2. The number of nitrogens with zero attached hydrogens (tertiary/aromatic N) is 1. The largest absolute Gasteiger partial charge is 0.340 e. The number of carbonyl (C=O) groups is 2. The van der Waals surface area contributed by atoms with Crippen LogP contribution in [0, 0.1) is 0 Å². The average molecular weight is 397 g/mol. The molecule has 1 aromatic heterocycles. The van der Waals surface area contributed by atoms with Crippen molar-refractivity contribution >= 4 is 33.7 Å². The topological polar surface area (TPSA) is 119 Å². The number of unbranched alkanes of at least 4 members (excludes halogenated alkanes) is 2. The lowest BCUT2D eigenvalue weighted by molar-refractivity contribution is -0.129. The summed E-state index contributed by atoms with van der Waals surface area (Å²) in [6.07, 6.45) is 3.26. The van der Waals surface area contributed by atoms with Crippen molar-refractivity contribution in [2.45, 2.75) is 45.1 Å². The second-order valence-corrected chi connectivity index (χ2v) is 7.00. The quantitative estimate of drug-likeness (QED) is 0.215. The van der Waals surface area contributed by atoms with Crippen molar-refractivity contribution < 1.29 is 14.8 Å². The van der Waals surface area contributed by atoms with Crippen molar-refractivity contribution in [1.29, 1.82) is 0 Å². The maximum atomic E-state index is 12.1. The molecule has 0 fully saturated rings. The van der Waals surface area contributed by atoms with Gasteiger partial charge in [-0.3, -0.25) is 10.0 Å². The molecule has 0 saturated carbocycles. The summed E-state index contributed by atoms with van der Waals surface area (Å²) in [6, 6.07) is 11.6. The molecule has 0 saturated heterocycles. The van der Waals surface area contributed by atoms with Crippen LogP contribution in [-0.2, 0) is 4.79 Å². The molecule has 3 amide bonds. The second kappa shape index (κ2) is 9.88. The summed E-state index contributed by atoms with van der Waals surface area (Å²) in [5.41, 5.74) is 3.46. The molecule has 2 aromatic carbocycles. The van der Waals surface area contributed by atoms with Crippen LogP contribution in [0.3, 0.4) is 0 Å². The van der Waals surface area contributed by atoms with Crippen LogP contribution < -0.4 is 16.1 Å². The third-order valence-corrected chi connectivity index (χ3v) is 4.89. The number of hydrogen-bond acceptors (Lipinski definition) is 4. The van der Waals surface area contributed by atoms with Gasteiger partial charge in [-0.25, -0.2) is 15.3 Å². The number of fused-ring (bicyclic) bond motifs is 3. The Morgan fingerprint density at radius 2 is 1.97 bits per heavy atom. The molecule has 5 N–H and O–H groups in total. The summed E-state index contributed by atoms with van der Waals surface area (Å²) in [6.45, 7) is 2.41. The molecule has 0 bridgehead atoms. The van der Waals surface area contributed by atoms with Gasteiger partial charge < -0.3 is 15.6 Å². The van der Waals surface area contributed by atoms with Crippen LogP contribution in [0.15, 0.2) is 36.4 Å². The molecule has 0 spiro atoms. The van der Waals surface area contributed by atoms with Crippen LogP contribution in [0.2, 0.25) is 0 Å². The number of nitrogens with one attached hydrogen (secondary N) is 4. The molecule has 3 aromatic rings. The molecule has 0 aliphatic carbocycles. The zero-order chi connectivity index (χ0) is 20.6. The van der Waals surface area contributed by atoms with Crippen LogP contribution in [0.1, 0.15) is 50.9 Å². The number of benzene rings is 2. The molecule has 0 aliphatic heterocycles. The minimum atomic E-state index is -0.383. The van der Waals surface area contributed by atoms with E-state index in [2.05, 4.69) is 27.8 Å². The van der Waals surface area contributed by atoms with E-state index in [-0.39, 0.29) is 24.4 Å². The molecule has 8 heteroatoms. The van der Waals surface area contributed by atoms with Gasteiger partial charge in [-0.15, -0.1) is 0 Å². The molecule has 3 rings (SSSR count). The second-order valence-electron chi connectivity index (χ2n) is 7.00. The van der Waals surface area contributed by atoms with E-state index in [0.29, 0.717) is 19.4 Å². The van der Waals surface area contributed by atoms with Crippen LogP contribution >= 0.6 is 0 Å². The number of urea groups is 1. The van der Waals surface area contributed by atoms with Crippen LogP contribution in [-0.4, -0.2) is 33.7 Å². The van der Waals surface area contributed by atoms with Crippen LogP contribution in [0.4, 0.5) is 4.79 Å². The van der Waals surface area contributed by atoms with Gasteiger partial charge >= 0.3 is 6.03 Å². The summed E-state index contributed by atoms with van der Waals surface area (Å²) in [4.78, 5) is 31.4. The smallest absolute Gasteiger partial charge is 0.315 e. The lowest BCUT2D eigenvalue weighted by Gasteiger charge is -2.17. The number of imidazole rings is 1. The fourth-order valence-electron chi connectivity index (χ4n) is 3.44. The highest BCUT2D eigenvalue weighted by Crippen LogP contribution is 2.26. The first-order chi connectivity index (χ1) is 14.1. The first-order valence-electron chi connectivity index (χ1n) is 9.97. The van der Waals surface area contributed by atoms with Gasteiger partial charge in [-0.2, -0.15) is 0 Å². The van der Waals surface area contributed by atoms with Gasteiger partial charge in [0.2, 0.25) is 5.91 Å². The van der Waals surface area contributed by atoms with Crippen molar-refractivity contribution in [2.75, 3.05) is 6.54 Å². The van der Waals surface area contributed by atoms with E-state index < -0.39 is 0 Å². The Kier molecular flexibility index (Phi) is 7.02. The van der Waals surface area contributed by atoms with E-state index in [9.17, 15) is 9.59 Å². The minimum Gasteiger partial charge on any atom is -0.340 e. The SMILES string of the molecule is CCNC(=O)N[C@@H](CCCCCC(=O)NO)c1nc2c(ccc3ccccc32)[nH]1. The normalized spacial score (nSPS) is 12.1. The monoisotopic (exact) mass is 397 g/mol. The zero-order valence-corrected chi connectivity index (χ0v) is 16.5. The Labute approximate surface area is 169 Å². The van der Waals surface area contributed by atoms with Gasteiger partial charge in [0.1, 0.15) is 5.82 Å². The molecular formula is C21H27N5O3. The first-order valence-corrected chi connectivity index (χ1v) is 9.97. The predicted molar refractivity (Wildman–Crippen MR) is 112 cm³/mol. The van der Waals surface area contributed by atoms with Gasteiger partial charge in [0.25, 0.3) is 0 Å². The lowest BCUT2D eigenvalue weighted by Crippen LogP contribution is -2.38. The van der Waals surface area contributed by atoms with Crippen molar-refractivity contribution in [3.63, 3.8) is 0 Å². The van der Waals surface area contributed by atoms with Crippen LogP contribution in [0.25, 0.3) is 21.8 Å². The molecule has 0 unspecified atom stereocenters. The van der Waals surface area contributed by atoms with E-state index in [4.69, 9.17) is 10.2 Å². The Bertz CT molecular complexity index is 985. The third-order valence-electron chi connectivity index (χ3n) is 4.89. The van der Waals surface area contributed by atoms with Gasteiger partial charge in [0, 0.05) is 18.4 Å². The standard InChI is InChI=1S/C21H27N5O3/c1-2-22-21(28)24-17(10-4-3-5-11-18(27)26-29)20-23-16-13-12-14-8-6-7-9-15(14)19(16)25-20/h6-9,12-13,17,29H,2-5,10-11H2,1H3,(H,23,25)(H,26,27)(H2,22,24,28)/t17-/m0/s1. The van der Waals surface area contributed by atoms with Gasteiger partial charge in [-0.05, 0) is 31.2 Å². The van der Waals surface area contributed by atoms with Crippen molar-refractivity contribution in [3.8, 4) is 0 Å². The number of amides is 3. The summed E-state index contributed by atoms with van der Waals surface area (Å²) in [5.74, 6) is 0.335. The fraction of sp³-hybridized carbons (Fsp3) is 0.381. The molecular weight excluding hydrogens is 370 g/mol. The van der Waals surface area contributed by atoms with Gasteiger partial charge in [0.05, 0.1) is 17.1 Å². The highest BCUT2D eigenvalue weighted by molar-refractivity contribution is 6.04. The molecule has 29 heavy (non-hydrogen) atoms. The number of H-pyrrole nitrogens is 1. The minimum absolute atomic E-state index is 0.234. The number of hydrogen-bond donors (Lipinski definition) is 5. The molecule has 0 aliphatic rings. The third kappa shape index (κ3) is 5.23. The summed E-state index contributed by atoms with van der Waals surface area (Å²) in [7, 11) is 0. The highest BCUT2D eigenvalue weighted by atomic mass is 16.5. The predicted octanol–water partition coefficient (Wildman–Crippen LogP) is 3.53. The number of aromatic amines is 1. The summed E-state index contributed by atoms with van der Waals surface area (Å²) >= 11 is 0. The van der Waals surface area contributed by atoms with Crippen molar-refractivity contribution in [2.24, 2.45) is 0 Å². The first kappa shape index (κ1) is 20.6. The van der Waals surface area contributed by atoms with Crippen LogP contribution in [0.5, 0.6) is 0 Å². The number of hydroxylamine groups is 1. The fourth-order valence-corrected chi connectivity index (χ4v) is 3.44. The van der Waals surface area contributed by atoms with E-state index >= 15 is 0 Å². The van der Waals surface area contributed by atoms with Gasteiger partial charge in [0.15, 0.2) is 0 Å². The lowest BCUT2D eigenvalue weighted by atomic mass is 10.1. The Morgan fingerprint density at radius 3 is 2.76 bits per heavy atom. The molecule has 1 atom stereocenters. The van der Waals surface area contributed by atoms with E-state index in [0.717, 1.165) is 40.5 Å². The van der Waals surface area contributed by atoms with Crippen molar-refractivity contribution in [1.82, 2.24) is 26.1 Å². The average Bonchev–Trinajstić information content (AvgIpc) is 3.17.